The van der Waals surface area contributed by atoms with Crippen molar-refractivity contribution in [3.8, 4) is 5.75 Å². The van der Waals surface area contributed by atoms with Crippen molar-refractivity contribution >= 4 is 22.6 Å². The molecule has 31 heavy (non-hydrogen) atoms. The third kappa shape index (κ3) is 2.93. The molecule has 1 aliphatic rings. The Morgan fingerprint density at radius 2 is 1.65 bits per heavy atom. The Morgan fingerprint density at radius 1 is 0.903 bits per heavy atom. The number of ether oxygens (including phenoxy) is 1. The zero-order chi connectivity index (χ0) is 21.7. The standard InChI is InChI=1S/C26H21NO4/c1-15-12-20-21(13-16(15)2)31-25-22(24(20)28)23(17-8-5-4-6-9-17)27(26(25)29)18-10-7-11-19(14-18)30-3/h4-14,23H,1-3H3. The van der Waals surface area contributed by atoms with E-state index in [0.29, 0.717) is 28.0 Å². The summed E-state index contributed by atoms with van der Waals surface area (Å²) < 4.78 is 11.4. The molecule has 5 nitrogen and oxygen atoms in total. The van der Waals surface area contributed by atoms with E-state index in [2.05, 4.69) is 0 Å². The number of carbonyl (C=O) groups is 1. The zero-order valence-corrected chi connectivity index (χ0v) is 17.5. The molecule has 0 fully saturated rings. The predicted molar refractivity (Wildman–Crippen MR) is 120 cm³/mol. The van der Waals surface area contributed by atoms with Crippen LogP contribution in [0.3, 0.4) is 0 Å². The molecule has 1 atom stereocenters. The fourth-order valence-corrected chi connectivity index (χ4v) is 4.21. The highest BCUT2D eigenvalue weighted by molar-refractivity contribution is 6.10. The molecule has 0 saturated carbocycles. The summed E-state index contributed by atoms with van der Waals surface area (Å²) in [6.07, 6.45) is 0. The summed E-state index contributed by atoms with van der Waals surface area (Å²) >= 11 is 0. The number of aryl methyl sites for hydroxylation is 2. The van der Waals surface area contributed by atoms with Gasteiger partial charge in [-0.2, -0.15) is 0 Å². The van der Waals surface area contributed by atoms with Gasteiger partial charge in [-0.25, -0.2) is 0 Å². The Bertz CT molecular complexity index is 1390. The van der Waals surface area contributed by atoms with Crippen LogP contribution in [0.4, 0.5) is 5.69 Å². The quantitative estimate of drug-likeness (QED) is 0.467. The van der Waals surface area contributed by atoms with Gasteiger partial charge in [0.15, 0.2) is 5.43 Å². The topological polar surface area (TPSA) is 59.8 Å². The minimum atomic E-state index is -0.585. The van der Waals surface area contributed by atoms with Crippen LogP contribution in [0.15, 0.2) is 75.9 Å². The van der Waals surface area contributed by atoms with Gasteiger partial charge in [-0.05, 0) is 54.8 Å². The first-order valence-electron chi connectivity index (χ1n) is 10.1. The summed E-state index contributed by atoms with van der Waals surface area (Å²) in [6.45, 7) is 3.92. The van der Waals surface area contributed by atoms with Gasteiger partial charge in [0.05, 0.1) is 24.1 Å². The second-order valence-corrected chi connectivity index (χ2v) is 7.80. The van der Waals surface area contributed by atoms with Crippen LogP contribution in [-0.2, 0) is 0 Å². The Hall–Kier alpha value is -3.86. The van der Waals surface area contributed by atoms with E-state index in [1.54, 1.807) is 18.1 Å². The highest BCUT2D eigenvalue weighted by atomic mass is 16.5. The molecule has 0 aliphatic carbocycles. The van der Waals surface area contributed by atoms with Crippen LogP contribution in [0.2, 0.25) is 0 Å². The Kier molecular flexibility index (Phi) is 4.40. The maximum Gasteiger partial charge on any atom is 0.295 e. The summed E-state index contributed by atoms with van der Waals surface area (Å²) in [5, 5.41) is 0.489. The molecule has 0 N–H and O–H groups in total. The number of nitrogens with zero attached hydrogens (tertiary/aromatic N) is 1. The lowest BCUT2D eigenvalue weighted by atomic mass is 9.97. The summed E-state index contributed by atoms with van der Waals surface area (Å²) in [5.41, 5.74) is 4.12. The minimum Gasteiger partial charge on any atom is -0.497 e. The van der Waals surface area contributed by atoms with Crippen molar-refractivity contribution in [3.05, 3.63) is 105 Å². The average Bonchev–Trinajstić information content (AvgIpc) is 3.08. The number of fused-ring (bicyclic) bond motifs is 2. The summed E-state index contributed by atoms with van der Waals surface area (Å²) in [4.78, 5) is 28.8. The van der Waals surface area contributed by atoms with E-state index in [4.69, 9.17) is 9.15 Å². The fourth-order valence-electron chi connectivity index (χ4n) is 4.21. The first-order valence-corrected chi connectivity index (χ1v) is 10.1. The van der Waals surface area contributed by atoms with Crippen molar-refractivity contribution in [2.45, 2.75) is 19.9 Å². The third-order valence-electron chi connectivity index (χ3n) is 5.93. The van der Waals surface area contributed by atoms with E-state index in [1.807, 2.05) is 74.5 Å². The van der Waals surface area contributed by atoms with E-state index in [-0.39, 0.29) is 17.1 Å². The lowest BCUT2D eigenvalue weighted by Gasteiger charge is -2.25. The van der Waals surface area contributed by atoms with Gasteiger partial charge in [0.2, 0.25) is 5.76 Å². The van der Waals surface area contributed by atoms with E-state index < -0.39 is 6.04 Å². The number of methoxy groups -OCH3 is 1. The minimum absolute atomic E-state index is 0.0948. The van der Waals surface area contributed by atoms with Crippen molar-refractivity contribution < 1.29 is 13.9 Å². The molecule has 0 radical (unpaired) electrons. The van der Waals surface area contributed by atoms with Crippen molar-refractivity contribution in [3.63, 3.8) is 0 Å². The van der Waals surface area contributed by atoms with Crippen LogP contribution in [0, 0.1) is 13.8 Å². The first-order chi connectivity index (χ1) is 15.0. The van der Waals surface area contributed by atoms with Gasteiger partial charge in [-0.3, -0.25) is 14.5 Å². The van der Waals surface area contributed by atoms with Crippen LogP contribution in [0.25, 0.3) is 11.0 Å². The Balaban J connectivity index is 1.82. The van der Waals surface area contributed by atoms with Gasteiger partial charge < -0.3 is 9.15 Å². The largest absolute Gasteiger partial charge is 0.497 e. The number of carbonyl (C=O) groups excluding carboxylic acids is 1. The zero-order valence-electron chi connectivity index (χ0n) is 17.5. The SMILES string of the molecule is COc1cccc(N2C(=O)c3oc4cc(C)c(C)cc4c(=O)c3C2c2ccccc2)c1. The molecule has 2 heterocycles. The molecule has 4 aromatic rings. The highest BCUT2D eigenvalue weighted by Crippen LogP contribution is 2.42. The van der Waals surface area contributed by atoms with Crippen LogP contribution >= 0.6 is 0 Å². The second-order valence-electron chi connectivity index (χ2n) is 7.80. The number of anilines is 1. The van der Waals surface area contributed by atoms with Crippen molar-refractivity contribution in [2.75, 3.05) is 12.0 Å². The molecule has 0 saturated heterocycles. The Morgan fingerprint density at radius 3 is 2.39 bits per heavy atom. The average molecular weight is 411 g/mol. The van der Waals surface area contributed by atoms with Gasteiger partial charge in [-0.15, -0.1) is 0 Å². The maximum absolute atomic E-state index is 13.6. The van der Waals surface area contributed by atoms with E-state index in [9.17, 15) is 9.59 Å². The molecule has 1 aliphatic heterocycles. The van der Waals surface area contributed by atoms with Crippen molar-refractivity contribution in [1.29, 1.82) is 0 Å². The lowest BCUT2D eigenvalue weighted by Crippen LogP contribution is -2.29. The van der Waals surface area contributed by atoms with Gasteiger partial charge in [0, 0.05) is 11.8 Å². The Labute approximate surface area is 179 Å². The highest BCUT2D eigenvalue weighted by Gasteiger charge is 2.43. The summed E-state index contributed by atoms with van der Waals surface area (Å²) in [5.74, 6) is 0.385. The summed E-state index contributed by atoms with van der Waals surface area (Å²) in [7, 11) is 1.58. The number of benzene rings is 3. The number of rotatable bonds is 3. The number of hydrogen-bond donors (Lipinski definition) is 0. The fraction of sp³-hybridized carbons (Fsp3) is 0.154. The van der Waals surface area contributed by atoms with Gasteiger partial charge in [-0.1, -0.05) is 36.4 Å². The lowest BCUT2D eigenvalue weighted by molar-refractivity contribution is 0.0971. The number of hydrogen-bond acceptors (Lipinski definition) is 4. The predicted octanol–water partition coefficient (Wildman–Crippen LogP) is 5.17. The smallest absolute Gasteiger partial charge is 0.295 e. The molecular weight excluding hydrogens is 390 g/mol. The summed E-state index contributed by atoms with van der Waals surface area (Å²) in [6, 6.07) is 19.9. The molecule has 0 spiro atoms. The first kappa shape index (κ1) is 19.1. The number of amides is 1. The van der Waals surface area contributed by atoms with Crippen LogP contribution in [0.1, 0.15) is 38.9 Å². The third-order valence-corrected chi connectivity index (χ3v) is 5.93. The van der Waals surface area contributed by atoms with Gasteiger partial charge in [0.1, 0.15) is 11.3 Å². The molecule has 3 aromatic carbocycles. The molecule has 0 bridgehead atoms. The van der Waals surface area contributed by atoms with Gasteiger partial charge >= 0.3 is 0 Å². The van der Waals surface area contributed by atoms with Crippen molar-refractivity contribution in [2.24, 2.45) is 0 Å². The van der Waals surface area contributed by atoms with E-state index in [0.717, 1.165) is 16.7 Å². The van der Waals surface area contributed by atoms with Crippen LogP contribution < -0.4 is 15.1 Å². The molecule has 1 unspecified atom stereocenters. The van der Waals surface area contributed by atoms with E-state index >= 15 is 0 Å². The van der Waals surface area contributed by atoms with E-state index in [1.165, 1.54) is 0 Å². The molecule has 1 aromatic heterocycles. The second kappa shape index (κ2) is 7.13. The monoisotopic (exact) mass is 411 g/mol. The van der Waals surface area contributed by atoms with Crippen LogP contribution in [-0.4, -0.2) is 13.0 Å². The van der Waals surface area contributed by atoms with Crippen LogP contribution in [0.5, 0.6) is 5.75 Å². The molecule has 5 rings (SSSR count). The molecule has 5 heteroatoms. The maximum atomic E-state index is 13.6. The van der Waals surface area contributed by atoms with Gasteiger partial charge in [0.25, 0.3) is 5.91 Å². The molecule has 154 valence electrons. The molecular formula is C26H21NO4. The molecule has 1 amide bonds. The van der Waals surface area contributed by atoms with Crippen molar-refractivity contribution in [1.82, 2.24) is 0 Å². The normalized spacial score (nSPS) is 15.4.